The molecule has 1 aliphatic rings. The minimum atomic E-state index is -0.324. The molecule has 1 aromatic carbocycles. The number of aliphatic hydroxyl groups is 1. The summed E-state index contributed by atoms with van der Waals surface area (Å²) in [5.74, 6) is 0.0129. The molecule has 1 fully saturated rings. The van der Waals surface area contributed by atoms with Gasteiger partial charge in [0.1, 0.15) is 0 Å². The summed E-state index contributed by atoms with van der Waals surface area (Å²) in [4.78, 5) is 17.4. The fourth-order valence-corrected chi connectivity index (χ4v) is 3.61. The molecule has 5 nitrogen and oxygen atoms in total. The van der Waals surface area contributed by atoms with Crippen molar-refractivity contribution < 1.29 is 9.90 Å². The van der Waals surface area contributed by atoms with Gasteiger partial charge in [-0.05, 0) is 24.5 Å². The summed E-state index contributed by atoms with van der Waals surface area (Å²) in [5, 5.41) is 15.5. The third kappa shape index (κ3) is 4.77. The van der Waals surface area contributed by atoms with Crippen LogP contribution in [0.5, 0.6) is 0 Å². The molecule has 3 N–H and O–H groups in total. The normalized spacial score (nSPS) is 19.8. The summed E-state index contributed by atoms with van der Waals surface area (Å²) in [7, 11) is 0. The van der Waals surface area contributed by atoms with Gasteiger partial charge in [0.25, 0.3) is 0 Å². The number of aromatic nitrogens is 1. The molecule has 130 valence electrons. The van der Waals surface area contributed by atoms with Gasteiger partial charge in [0.15, 0.2) is 0 Å². The van der Waals surface area contributed by atoms with Gasteiger partial charge in [-0.3, -0.25) is 4.79 Å². The van der Waals surface area contributed by atoms with E-state index in [1.807, 2.05) is 24.6 Å². The van der Waals surface area contributed by atoms with Crippen molar-refractivity contribution >= 4 is 29.7 Å². The molecule has 1 aliphatic heterocycles. The third-order valence-electron chi connectivity index (χ3n) is 4.08. The standard InChI is InChI=1S/C17H21N3O2S.ClH/c1-11-17(23-10-20-11)13-4-2-12(3-5-13)8-19-16(22)7-14-6-15(21)9-18-14;/h2-5,10,14-15,18,21H,6-9H2,1H3,(H,19,22);1H/t14-,15+;/m0./s1. The van der Waals surface area contributed by atoms with Crippen LogP contribution in [-0.2, 0) is 11.3 Å². The fraction of sp³-hybridized carbons (Fsp3) is 0.412. The molecule has 1 amide bonds. The van der Waals surface area contributed by atoms with E-state index in [0.29, 0.717) is 25.9 Å². The first kappa shape index (κ1) is 18.9. The van der Waals surface area contributed by atoms with Gasteiger partial charge in [0.05, 0.1) is 22.2 Å². The van der Waals surface area contributed by atoms with Crippen molar-refractivity contribution in [2.45, 2.75) is 38.5 Å². The summed E-state index contributed by atoms with van der Waals surface area (Å²) >= 11 is 1.64. The lowest BCUT2D eigenvalue weighted by atomic mass is 10.1. The number of nitrogens with one attached hydrogen (secondary N) is 2. The van der Waals surface area contributed by atoms with Crippen LogP contribution in [0.1, 0.15) is 24.1 Å². The lowest BCUT2D eigenvalue weighted by Crippen LogP contribution is -2.31. The molecule has 0 bridgehead atoms. The first-order valence-electron chi connectivity index (χ1n) is 7.79. The quantitative estimate of drug-likeness (QED) is 0.757. The molecule has 0 unspecified atom stereocenters. The number of amides is 1. The smallest absolute Gasteiger partial charge is 0.221 e. The van der Waals surface area contributed by atoms with Gasteiger partial charge in [-0.2, -0.15) is 0 Å². The van der Waals surface area contributed by atoms with E-state index in [1.54, 1.807) is 11.3 Å². The third-order valence-corrected chi connectivity index (χ3v) is 5.06. The second-order valence-electron chi connectivity index (χ2n) is 5.94. The topological polar surface area (TPSA) is 74.2 Å². The van der Waals surface area contributed by atoms with E-state index in [0.717, 1.165) is 16.8 Å². The summed E-state index contributed by atoms with van der Waals surface area (Å²) in [5.41, 5.74) is 5.13. The Kier molecular flexibility index (Phi) is 6.74. The van der Waals surface area contributed by atoms with E-state index in [2.05, 4.69) is 27.8 Å². The van der Waals surface area contributed by atoms with Gasteiger partial charge in [-0.15, -0.1) is 23.7 Å². The Labute approximate surface area is 151 Å². The number of benzene rings is 1. The largest absolute Gasteiger partial charge is 0.392 e. The highest BCUT2D eigenvalue weighted by molar-refractivity contribution is 7.13. The van der Waals surface area contributed by atoms with Crippen molar-refractivity contribution in [3.63, 3.8) is 0 Å². The predicted octanol–water partition coefficient (Wildman–Crippen LogP) is 2.27. The zero-order valence-electron chi connectivity index (χ0n) is 13.5. The van der Waals surface area contributed by atoms with Crippen LogP contribution in [0.4, 0.5) is 0 Å². The van der Waals surface area contributed by atoms with Crippen LogP contribution in [0.2, 0.25) is 0 Å². The van der Waals surface area contributed by atoms with Gasteiger partial charge in [0, 0.05) is 25.6 Å². The summed E-state index contributed by atoms with van der Waals surface area (Å²) in [6, 6.07) is 8.29. The summed E-state index contributed by atoms with van der Waals surface area (Å²) in [6.07, 6.45) is 0.737. The number of β-amino-alcohol motifs (C(OH)–C–C–N with tert-alkyl or cyclic N) is 1. The van der Waals surface area contributed by atoms with E-state index in [4.69, 9.17) is 0 Å². The van der Waals surface area contributed by atoms with Crippen molar-refractivity contribution in [1.29, 1.82) is 0 Å². The Morgan fingerprint density at radius 1 is 1.42 bits per heavy atom. The molecule has 0 aliphatic carbocycles. The summed E-state index contributed by atoms with van der Waals surface area (Å²) in [6.45, 7) is 3.11. The maximum absolute atomic E-state index is 11.9. The van der Waals surface area contributed by atoms with Gasteiger partial charge >= 0.3 is 0 Å². The summed E-state index contributed by atoms with van der Waals surface area (Å²) < 4.78 is 0. The number of hydrogen-bond acceptors (Lipinski definition) is 5. The molecular formula is C17H22ClN3O2S. The number of carbonyl (C=O) groups excluding carboxylic acids is 1. The van der Waals surface area contributed by atoms with E-state index < -0.39 is 0 Å². The molecule has 7 heteroatoms. The number of hydrogen-bond donors (Lipinski definition) is 3. The molecular weight excluding hydrogens is 346 g/mol. The monoisotopic (exact) mass is 367 g/mol. The molecule has 0 radical (unpaired) electrons. The number of thiazole rings is 1. The Hall–Kier alpha value is -1.47. The highest BCUT2D eigenvalue weighted by Crippen LogP contribution is 2.27. The first-order valence-corrected chi connectivity index (χ1v) is 8.67. The molecule has 3 rings (SSSR count). The SMILES string of the molecule is Cc1ncsc1-c1ccc(CNC(=O)C[C@@H]2C[C@@H](O)CN2)cc1.Cl. The van der Waals surface area contributed by atoms with Crippen LogP contribution < -0.4 is 10.6 Å². The average Bonchev–Trinajstić information content (AvgIpc) is 3.14. The van der Waals surface area contributed by atoms with Crippen molar-refractivity contribution in [3.8, 4) is 10.4 Å². The van der Waals surface area contributed by atoms with E-state index in [-0.39, 0.29) is 30.5 Å². The van der Waals surface area contributed by atoms with E-state index in [1.165, 1.54) is 4.88 Å². The number of carbonyl (C=O) groups is 1. The number of halogens is 1. The lowest BCUT2D eigenvalue weighted by molar-refractivity contribution is -0.121. The van der Waals surface area contributed by atoms with Crippen LogP contribution in [0.25, 0.3) is 10.4 Å². The molecule has 24 heavy (non-hydrogen) atoms. The van der Waals surface area contributed by atoms with Crippen LogP contribution in [-0.4, -0.2) is 34.7 Å². The first-order chi connectivity index (χ1) is 11.1. The van der Waals surface area contributed by atoms with Crippen LogP contribution >= 0.6 is 23.7 Å². The van der Waals surface area contributed by atoms with Crippen LogP contribution in [0, 0.1) is 6.92 Å². The average molecular weight is 368 g/mol. The zero-order valence-corrected chi connectivity index (χ0v) is 15.1. The molecule has 2 heterocycles. The molecule has 1 aromatic heterocycles. The van der Waals surface area contributed by atoms with Crippen molar-refractivity contribution in [3.05, 3.63) is 41.0 Å². The number of rotatable bonds is 5. The predicted molar refractivity (Wildman–Crippen MR) is 98.4 cm³/mol. The van der Waals surface area contributed by atoms with E-state index >= 15 is 0 Å². The second-order valence-corrected chi connectivity index (χ2v) is 6.79. The van der Waals surface area contributed by atoms with Crippen molar-refractivity contribution in [2.24, 2.45) is 0 Å². The fourth-order valence-electron chi connectivity index (χ4n) is 2.80. The van der Waals surface area contributed by atoms with Crippen molar-refractivity contribution in [1.82, 2.24) is 15.6 Å². The minimum absolute atomic E-state index is 0. The second kappa shape index (κ2) is 8.58. The lowest BCUT2D eigenvalue weighted by Gasteiger charge is -2.10. The molecule has 2 atom stereocenters. The molecule has 2 aromatic rings. The zero-order chi connectivity index (χ0) is 16.2. The van der Waals surface area contributed by atoms with Crippen molar-refractivity contribution in [2.75, 3.05) is 6.54 Å². The molecule has 0 spiro atoms. The Morgan fingerprint density at radius 2 is 2.17 bits per heavy atom. The minimum Gasteiger partial charge on any atom is -0.392 e. The van der Waals surface area contributed by atoms with E-state index in [9.17, 15) is 9.90 Å². The van der Waals surface area contributed by atoms with Gasteiger partial charge in [0.2, 0.25) is 5.91 Å². The number of nitrogens with zero attached hydrogens (tertiary/aromatic N) is 1. The maximum Gasteiger partial charge on any atom is 0.221 e. The highest BCUT2D eigenvalue weighted by Gasteiger charge is 2.23. The van der Waals surface area contributed by atoms with Crippen LogP contribution in [0.3, 0.4) is 0 Å². The van der Waals surface area contributed by atoms with Gasteiger partial charge in [-0.1, -0.05) is 24.3 Å². The molecule has 1 saturated heterocycles. The highest BCUT2D eigenvalue weighted by atomic mass is 35.5. The van der Waals surface area contributed by atoms with Gasteiger partial charge < -0.3 is 15.7 Å². The number of aliphatic hydroxyl groups excluding tert-OH is 1. The number of aryl methyl sites for hydroxylation is 1. The van der Waals surface area contributed by atoms with Crippen LogP contribution in [0.15, 0.2) is 29.8 Å². The van der Waals surface area contributed by atoms with Gasteiger partial charge in [-0.25, -0.2) is 4.98 Å². The Balaban J connectivity index is 0.00000208. The Morgan fingerprint density at radius 3 is 2.75 bits per heavy atom. The Bertz CT molecular complexity index is 675. The molecule has 0 saturated carbocycles. The maximum atomic E-state index is 11.9.